The number of carboxylic acid groups (broad SMARTS) is 1. The molecule has 0 aliphatic rings. The Morgan fingerprint density at radius 2 is 1.92 bits per heavy atom. The topological polar surface area (TPSA) is 84.1 Å². The van der Waals surface area contributed by atoms with Gasteiger partial charge < -0.3 is 14.5 Å². The van der Waals surface area contributed by atoms with E-state index in [0.29, 0.717) is 4.57 Å². The summed E-state index contributed by atoms with van der Waals surface area (Å²) in [4.78, 5) is 32.6. The van der Waals surface area contributed by atoms with Gasteiger partial charge in [0, 0.05) is 20.3 Å². The lowest BCUT2D eigenvalue weighted by Gasteiger charge is -2.06. The van der Waals surface area contributed by atoms with Crippen LogP contribution in [0.3, 0.4) is 0 Å². The molecule has 0 atom stereocenters. The molecule has 0 amide bonds. The third-order valence-corrected chi connectivity index (χ3v) is 1.67. The molecule has 0 aliphatic carbocycles. The van der Waals surface area contributed by atoms with Crippen molar-refractivity contribution in [2.24, 2.45) is 14.1 Å². The summed E-state index contributed by atoms with van der Waals surface area (Å²) in [5.74, 6) is -1.59. The van der Waals surface area contributed by atoms with Crippen molar-refractivity contribution in [3.63, 3.8) is 0 Å². The van der Waals surface area contributed by atoms with E-state index in [1.807, 2.05) is 0 Å². The summed E-state index contributed by atoms with van der Waals surface area (Å²) in [7, 11) is 2.56. The number of carbonyl (C=O) groups is 1. The van der Waals surface area contributed by atoms with Crippen molar-refractivity contribution in [1.29, 1.82) is 0 Å². The number of hydrogen-bond donors (Lipinski definition) is 0. The zero-order valence-corrected chi connectivity index (χ0v) is 7.10. The van der Waals surface area contributed by atoms with Gasteiger partial charge in [0.2, 0.25) is 0 Å². The second-order valence-electron chi connectivity index (χ2n) is 2.59. The Morgan fingerprint density at radius 3 is 2.38 bits per heavy atom. The number of rotatable bonds is 1. The Hall–Kier alpha value is -1.85. The number of nitrogens with zero attached hydrogens (tertiary/aromatic N) is 2. The van der Waals surface area contributed by atoms with Crippen molar-refractivity contribution in [1.82, 2.24) is 9.13 Å². The molecule has 0 aliphatic heterocycles. The van der Waals surface area contributed by atoms with Gasteiger partial charge in [-0.15, -0.1) is 0 Å². The zero-order chi connectivity index (χ0) is 10.2. The molecule has 1 aromatic rings. The third kappa shape index (κ3) is 1.37. The van der Waals surface area contributed by atoms with Crippen LogP contribution in [0, 0.1) is 0 Å². The lowest BCUT2D eigenvalue weighted by Crippen LogP contribution is -2.42. The fraction of sp³-hybridized carbons (Fsp3) is 0.286. The molecule has 6 nitrogen and oxygen atoms in total. The van der Waals surface area contributed by atoms with Crippen molar-refractivity contribution in [2.75, 3.05) is 0 Å². The fourth-order valence-corrected chi connectivity index (χ4v) is 0.948. The molecule has 1 rings (SSSR count). The van der Waals surface area contributed by atoms with Crippen LogP contribution in [0.15, 0.2) is 15.8 Å². The van der Waals surface area contributed by atoms with Gasteiger partial charge in [0.25, 0.3) is 5.56 Å². The maximum absolute atomic E-state index is 11.1. The minimum absolute atomic E-state index is 0.524. The van der Waals surface area contributed by atoms with Crippen LogP contribution in [0.2, 0.25) is 0 Å². The lowest BCUT2D eigenvalue weighted by atomic mass is 10.3. The van der Waals surface area contributed by atoms with E-state index in [1.54, 1.807) is 0 Å². The summed E-state index contributed by atoms with van der Waals surface area (Å²) in [6, 6.07) is 0. The van der Waals surface area contributed by atoms with Crippen LogP contribution in [-0.4, -0.2) is 15.1 Å². The summed E-state index contributed by atoms with van der Waals surface area (Å²) >= 11 is 0. The molecule has 6 heteroatoms. The Balaban J connectivity index is 3.70. The number of carboxylic acids is 1. The fourth-order valence-electron chi connectivity index (χ4n) is 0.948. The highest BCUT2D eigenvalue weighted by molar-refractivity contribution is 5.84. The first-order valence-electron chi connectivity index (χ1n) is 3.43. The molecule has 0 radical (unpaired) electrons. The zero-order valence-electron chi connectivity index (χ0n) is 7.10. The maximum atomic E-state index is 11.1. The second kappa shape index (κ2) is 2.89. The van der Waals surface area contributed by atoms with E-state index in [1.165, 1.54) is 14.1 Å². The summed E-state index contributed by atoms with van der Waals surface area (Å²) < 4.78 is 1.72. The molecule has 0 bridgehead atoms. The van der Waals surface area contributed by atoms with Crippen LogP contribution in [0.5, 0.6) is 0 Å². The summed E-state index contributed by atoms with van der Waals surface area (Å²) in [5.41, 5.74) is -1.96. The van der Waals surface area contributed by atoms with E-state index in [0.717, 1.165) is 10.8 Å². The molecule has 0 aromatic carbocycles. The van der Waals surface area contributed by atoms with Gasteiger partial charge in [-0.1, -0.05) is 0 Å². The van der Waals surface area contributed by atoms with Gasteiger partial charge in [0.05, 0.1) is 11.5 Å². The first-order valence-corrected chi connectivity index (χ1v) is 3.43. The van der Waals surface area contributed by atoms with Crippen LogP contribution >= 0.6 is 0 Å². The Kier molecular flexibility index (Phi) is 2.05. The Labute approximate surface area is 72.7 Å². The molecule has 0 saturated heterocycles. The predicted octanol–water partition coefficient (Wildman–Crippen LogP) is -2.55. The largest absolute Gasteiger partial charge is 0.545 e. The molecule has 70 valence electrons. The lowest BCUT2D eigenvalue weighted by molar-refractivity contribution is -0.255. The van der Waals surface area contributed by atoms with E-state index < -0.39 is 22.8 Å². The van der Waals surface area contributed by atoms with Gasteiger partial charge in [-0.25, -0.2) is 4.79 Å². The summed E-state index contributed by atoms with van der Waals surface area (Å²) in [5, 5.41) is 10.4. The van der Waals surface area contributed by atoms with Crippen LogP contribution in [-0.2, 0) is 14.1 Å². The Morgan fingerprint density at radius 1 is 1.38 bits per heavy atom. The first kappa shape index (κ1) is 9.24. The number of aromatic carboxylic acids is 1. The summed E-state index contributed by atoms with van der Waals surface area (Å²) in [6.07, 6.45) is 0.944. The molecule has 0 saturated carbocycles. The van der Waals surface area contributed by atoms with Crippen LogP contribution in [0.4, 0.5) is 0 Å². The molecule has 13 heavy (non-hydrogen) atoms. The van der Waals surface area contributed by atoms with Crippen molar-refractivity contribution in [3.05, 3.63) is 32.6 Å². The van der Waals surface area contributed by atoms with E-state index >= 15 is 0 Å². The van der Waals surface area contributed by atoms with Gasteiger partial charge in [-0.05, 0) is 0 Å². The van der Waals surface area contributed by atoms with Gasteiger partial charge in [0.15, 0.2) is 0 Å². The van der Waals surface area contributed by atoms with Gasteiger partial charge in [0.1, 0.15) is 0 Å². The van der Waals surface area contributed by atoms with E-state index in [-0.39, 0.29) is 0 Å². The van der Waals surface area contributed by atoms with E-state index in [4.69, 9.17) is 0 Å². The minimum atomic E-state index is -1.59. The predicted molar refractivity (Wildman–Crippen MR) is 41.3 cm³/mol. The van der Waals surface area contributed by atoms with Gasteiger partial charge >= 0.3 is 5.69 Å². The average Bonchev–Trinajstić information content (AvgIpc) is 2.07. The molecular weight excluding hydrogens is 176 g/mol. The van der Waals surface area contributed by atoms with Crippen molar-refractivity contribution in [2.45, 2.75) is 0 Å². The second-order valence-corrected chi connectivity index (χ2v) is 2.59. The highest BCUT2D eigenvalue weighted by Crippen LogP contribution is 1.83. The van der Waals surface area contributed by atoms with E-state index in [9.17, 15) is 19.5 Å². The number of aryl methyl sites for hydroxylation is 1. The summed E-state index contributed by atoms with van der Waals surface area (Å²) in [6.45, 7) is 0. The minimum Gasteiger partial charge on any atom is -0.545 e. The normalized spacial score (nSPS) is 10.0. The third-order valence-electron chi connectivity index (χ3n) is 1.67. The quantitative estimate of drug-likeness (QED) is 0.479. The van der Waals surface area contributed by atoms with Crippen molar-refractivity contribution in [3.8, 4) is 0 Å². The van der Waals surface area contributed by atoms with E-state index in [2.05, 4.69) is 0 Å². The van der Waals surface area contributed by atoms with Crippen LogP contribution in [0.25, 0.3) is 0 Å². The molecule has 0 fully saturated rings. The maximum Gasteiger partial charge on any atom is 0.330 e. The number of hydrogen-bond acceptors (Lipinski definition) is 4. The molecular formula is C7H7N2O4-. The molecule has 0 N–H and O–H groups in total. The number of aromatic nitrogens is 2. The van der Waals surface area contributed by atoms with Crippen molar-refractivity contribution >= 4 is 5.97 Å². The monoisotopic (exact) mass is 183 g/mol. The van der Waals surface area contributed by atoms with Crippen LogP contribution in [0.1, 0.15) is 10.4 Å². The number of carbonyl (C=O) groups excluding carboxylic acids is 1. The molecule has 1 heterocycles. The van der Waals surface area contributed by atoms with Crippen LogP contribution < -0.4 is 16.4 Å². The van der Waals surface area contributed by atoms with Gasteiger partial charge in [-0.3, -0.25) is 9.36 Å². The standard InChI is InChI=1S/C7H8N2O4/c1-8-3-4(6(11)12)5(10)9(2)7(8)13/h3H,1-2H3,(H,11,12)/p-1. The SMILES string of the molecule is Cn1cc(C(=O)[O-])c(=O)n(C)c1=O. The first-order chi connectivity index (χ1) is 5.95. The highest BCUT2D eigenvalue weighted by atomic mass is 16.4. The molecule has 0 unspecified atom stereocenters. The smallest absolute Gasteiger partial charge is 0.330 e. The molecule has 1 aromatic heterocycles. The molecule has 0 spiro atoms. The Bertz CT molecular complexity index is 468. The highest BCUT2D eigenvalue weighted by Gasteiger charge is 2.06. The van der Waals surface area contributed by atoms with Crippen molar-refractivity contribution < 1.29 is 9.90 Å². The average molecular weight is 183 g/mol. The van der Waals surface area contributed by atoms with Gasteiger partial charge in [-0.2, -0.15) is 0 Å².